The van der Waals surface area contributed by atoms with Crippen molar-refractivity contribution in [3.8, 4) is 11.1 Å². The molecule has 0 aliphatic heterocycles. The lowest BCUT2D eigenvalue weighted by molar-refractivity contribution is 1.06. The van der Waals surface area contributed by atoms with Crippen LogP contribution >= 0.6 is 11.8 Å². The van der Waals surface area contributed by atoms with Crippen molar-refractivity contribution in [3.05, 3.63) is 103 Å². The van der Waals surface area contributed by atoms with E-state index in [1.54, 1.807) is 0 Å². The first-order chi connectivity index (χ1) is 14.3. The number of hydrogen-bond donors (Lipinski definition) is 0. The van der Waals surface area contributed by atoms with E-state index in [0.29, 0.717) is 5.25 Å². The number of hydrogen-bond acceptors (Lipinski definition) is 1. The summed E-state index contributed by atoms with van der Waals surface area (Å²) in [6.45, 7) is 10.6. The molecule has 29 heavy (non-hydrogen) atoms. The van der Waals surface area contributed by atoms with E-state index >= 15 is 0 Å². The van der Waals surface area contributed by atoms with Gasteiger partial charge in [0.15, 0.2) is 0 Å². The lowest BCUT2D eigenvalue weighted by Gasteiger charge is -2.22. The van der Waals surface area contributed by atoms with E-state index in [9.17, 15) is 0 Å². The number of rotatable bonds is 6. The fourth-order valence-electron chi connectivity index (χ4n) is 4.25. The fourth-order valence-corrected chi connectivity index (χ4v) is 5.10. The molecule has 0 amide bonds. The van der Waals surface area contributed by atoms with Gasteiger partial charge in [0, 0.05) is 5.25 Å². The minimum absolute atomic E-state index is 0.574. The van der Waals surface area contributed by atoms with E-state index in [1.165, 1.54) is 33.0 Å². The van der Waals surface area contributed by atoms with E-state index in [1.807, 2.05) is 23.9 Å². The van der Waals surface area contributed by atoms with Crippen molar-refractivity contribution in [3.63, 3.8) is 0 Å². The van der Waals surface area contributed by atoms with Crippen molar-refractivity contribution in [1.29, 1.82) is 0 Å². The molecule has 0 heterocycles. The summed E-state index contributed by atoms with van der Waals surface area (Å²) in [5, 5.41) is 3.10. The zero-order chi connectivity index (χ0) is 20.2. The van der Waals surface area contributed by atoms with E-state index in [-0.39, 0.29) is 0 Å². The van der Waals surface area contributed by atoms with Gasteiger partial charge in [-0.1, -0.05) is 105 Å². The van der Waals surface area contributed by atoms with Gasteiger partial charge in [-0.15, -0.1) is 0 Å². The Balaban J connectivity index is 2.01. The van der Waals surface area contributed by atoms with Crippen molar-refractivity contribution in [2.24, 2.45) is 0 Å². The molecular weight excluding hydrogens is 368 g/mol. The van der Waals surface area contributed by atoms with Crippen LogP contribution in [0.3, 0.4) is 0 Å². The van der Waals surface area contributed by atoms with E-state index < -0.39 is 0 Å². The average molecular weight is 395 g/mol. The number of thioether (sulfide) groups is 1. The highest BCUT2D eigenvalue weighted by molar-refractivity contribution is 8.00. The van der Waals surface area contributed by atoms with Gasteiger partial charge in [0.05, 0.1) is 0 Å². The minimum Gasteiger partial charge on any atom is -0.154 e. The lowest BCUT2D eigenvalue weighted by Crippen LogP contribution is -2.04. The van der Waals surface area contributed by atoms with Crippen molar-refractivity contribution >= 4 is 40.3 Å². The Bertz CT molecular complexity index is 1120. The molecule has 1 heteroatoms. The van der Waals surface area contributed by atoms with Crippen LogP contribution in [0.25, 0.3) is 39.6 Å². The van der Waals surface area contributed by atoms with Gasteiger partial charge in [-0.3, -0.25) is 0 Å². The summed E-state index contributed by atoms with van der Waals surface area (Å²) in [4.78, 5) is 0. The Labute approximate surface area is 178 Å². The molecule has 0 fully saturated rings. The van der Waals surface area contributed by atoms with E-state index in [2.05, 4.69) is 92.9 Å². The average Bonchev–Trinajstić information content (AvgIpc) is 2.78. The predicted molar refractivity (Wildman–Crippen MR) is 133 cm³/mol. The summed E-state index contributed by atoms with van der Waals surface area (Å²) >= 11 is 2.00. The minimum atomic E-state index is 0.574. The first-order valence-electron chi connectivity index (χ1n) is 10.2. The van der Waals surface area contributed by atoms with Gasteiger partial charge in [-0.2, -0.15) is 11.8 Å². The maximum atomic E-state index is 4.18. The molecule has 3 aromatic rings. The molecule has 0 saturated carbocycles. The SMILES string of the molecule is C=Cc1c(C=C)c(-c2ccccc2)c2ccccc2c1C1=CCC(SCC)C=C1. The molecule has 0 N–H and O–H groups in total. The quantitative estimate of drug-likeness (QED) is 0.405. The summed E-state index contributed by atoms with van der Waals surface area (Å²) in [5.41, 5.74) is 7.30. The number of allylic oxidation sites excluding steroid dienone is 3. The van der Waals surface area contributed by atoms with Crippen LogP contribution in [0, 0.1) is 0 Å². The molecule has 1 aliphatic carbocycles. The molecule has 144 valence electrons. The molecule has 1 unspecified atom stereocenters. The molecule has 0 aromatic heterocycles. The van der Waals surface area contributed by atoms with Crippen LogP contribution in [0.5, 0.6) is 0 Å². The summed E-state index contributed by atoms with van der Waals surface area (Å²) in [5.74, 6) is 1.14. The Kier molecular flexibility index (Phi) is 5.87. The van der Waals surface area contributed by atoms with Crippen LogP contribution in [0.2, 0.25) is 0 Å². The Morgan fingerprint density at radius 3 is 2.10 bits per heavy atom. The van der Waals surface area contributed by atoms with Crippen LogP contribution < -0.4 is 0 Å². The van der Waals surface area contributed by atoms with E-state index in [0.717, 1.165) is 23.3 Å². The van der Waals surface area contributed by atoms with Crippen LogP contribution in [0.4, 0.5) is 0 Å². The van der Waals surface area contributed by atoms with E-state index in [4.69, 9.17) is 0 Å². The molecule has 3 aromatic carbocycles. The molecule has 0 bridgehead atoms. The first-order valence-corrected chi connectivity index (χ1v) is 11.2. The molecule has 0 nitrogen and oxygen atoms in total. The normalized spacial score (nSPS) is 15.9. The third-order valence-electron chi connectivity index (χ3n) is 5.50. The molecule has 1 atom stereocenters. The van der Waals surface area contributed by atoms with Gasteiger partial charge in [0.1, 0.15) is 0 Å². The monoisotopic (exact) mass is 394 g/mol. The van der Waals surface area contributed by atoms with Crippen molar-refractivity contribution in [2.75, 3.05) is 5.75 Å². The first kappa shape index (κ1) is 19.5. The third-order valence-corrected chi connectivity index (χ3v) is 6.61. The largest absolute Gasteiger partial charge is 0.154 e. The van der Waals surface area contributed by atoms with Crippen molar-refractivity contribution in [1.82, 2.24) is 0 Å². The van der Waals surface area contributed by atoms with Crippen LogP contribution in [0.1, 0.15) is 30.0 Å². The second-order valence-electron chi connectivity index (χ2n) is 7.15. The molecule has 1 aliphatic rings. The van der Waals surface area contributed by atoms with Crippen LogP contribution in [-0.2, 0) is 0 Å². The third kappa shape index (κ3) is 3.63. The highest BCUT2D eigenvalue weighted by atomic mass is 32.2. The second kappa shape index (κ2) is 8.71. The maximum Gasteiger partial charge on any atom is 0.0265 e. The highest BCUT2D eigenvalue weighted by Crippen LogP contribution is 2.42. The Morgan fingerprint density at radius 2 is 1.52 bits per heavy atom. The molecule has 0 radical (unpaired) electrons. The molecule has 0 saturated heterocycles. The topological polar surface area (TPSA) is 0 Å². The van der Waals surface area contributed by atoms with Gasteiger partial charge in [0.25, 0.3) is 0 Å². The summed E-state index contributed by atoms with van der Waals surface area (Å²) < 4.78 is 0. The Hall–Kier alpha value is -2.77. The predicted octanol–water partition coefficient (Wildman–Crippen LogP) is 8.26. The molecule has 4 rings (SSSR count). The van der Waals surface area contributed by atoms with Crippen LogP contribution in [-0.4, -0.2) is 11.0 Å². The van der Waals surface area contributed by atoms with Gasteiger partial charge in [0.2, 0.25) is 0 Å². The van der Waals surface area contributed by atoms with Crippen LogP contribution in [0.15, 0.2) is 86.0 Å². The highest BCUT2D eigenvalue weighted by Gasteiger charge is 2.20. The fraction of sp³-hybridized carbons (Fsp3) is 0.143. The zero-order valence-electron chi connectivity index (χ0n) is 16.9. The molecular formula is C28H26S. The second-order valence-corrected chi connectivity index (χ2v) is 8.66. The zero-order valence-corrected chi connectivity index (χ0v) is 17.7. The van der Waals surface area contributed by atoms with Gasteiger partial charge < -0.3 is 0 Å². The number of fused-ring (bicyclic) bond motifs is 1. The van der Waals surface area contributed by atoms with Gasteiger partial charge in [-0.25, -0.2) is 0 Å². The smallest absolute Gasteiger partial charge is 0.0265 e. The van der Waals surface area contributed by atoms with Gasteiger partial charge >= 0.3 is 0 Å². The maximum absolute atomic E-state index is 4.18. The summed E-state index contributed by atoms with van der Waals surface area (Å²) in [6, 6.07) is 19.3. The van der Waals surface area contributed by atoms with Crippen molar-refractivity contribution < 1.29 is 0 Å². The summed E-state index contributed by atoms with van der Waals surface area (Å²) in [6.07, 6.45) is 12.1. The standard InChI is InChI=1S/C28H26S/c1-4-23-24(5-2)28(21-16-18-22(19-17-21)29-6-3)26-15-11-10-14-25(26)27(23)20-12-8-7-9-13-20/h4-5,7-18,22H,1-2,6,19H2,3H3. The summed E-state index contributed by atoms with van der Waals surface area (Å²) in [7, 11) is 0. The number of benzene rings is 3. The van der Waals surface area contributed by atoms with Crippen molar-refractivity contribution in [2.45, 2.75) is 18.6 Å². The Morgan fingerprint density at radius 1 is 0.897 bits per heavy atom. The van der Waals surface area contributed by atoms with Gasteiger partial charge in [-0.05, 0) is 56.3 Å². The molecule has 0 spiro atoms. The lowest BCUT2D eigenvalue weighted by atomic mass is 9.82.